The van der Waals surface area contributed by atoms with Crippen LogP contribution in [0.15, 0.2) is 12.1 Å². The van der Waals surface area contributed by atoms with Gasteiger partial charge >= 0.3 is 0 Å². The minimum Gasteiger partial charge on any atom is -0.399 e. The fraction of sp³-hybridized carbons (Fsp3) is 0.333. The first kappa shape index (κ1) is 16.6. The number of amides is 2. The van der Waals surface area contributed by atoms with Gasteiger partial charge in [-0.1, -0.05) is 23.2 Å². The predicted octanol–water partition coefficient (Wildman–Crippen LogP) is 1.07. The molecule has 2 amide bonds. The molecule has 1 rings (SSSR count). The number of rotatable bonds is 6. The fourth-order valence-corrected chi connectivity index (χ4v) is 1.81. The summed E-state index contributed by atoms with van der Waals surface area (Å²) in [6.45, 7) is 0.595. The second-order valence-corrected chi connectivity index (χ2v) is 4.67. The number of nitrogens with two attached hydrogens (primary N) is 1. The average Bonchev–Trinajstić information content (AvgIpc) is 2.40. The topological polar surface area (TPSA) is 93.5 Å². The highest BCUT2D eigenvalue weighted by Gasteiger charge is 2.14. The zero-order chi connectivity index (χ0) is 15.1. The number of ether oxygens (including phenoxy) is 1. The molecule has 0 fully saturated rings. The van der Waals surface area contributed by atoms with Gasteiger partial charge in [0, 0.05) is 19.3 Å². The molecule has 8 heteroatoms. The quantitative estimate of drug-likeness (QED) is 0.540. The number of benzene rings is 1. The van der Waals surface area contributed by atoms with Crippen LogP contribution in [0.2, 0.25) is 10.0 Å². The van der Waals surface area contributed by atoms with Crippen molar-refractivity contribution in [1.82, 2.24) is 10.6 Å². The molecular formula is C12H15Cl2N3O3. The summed E-state index contributed by atoms with van der Waals surface area (Å²) in [5, 5.41) is 5.27. The van der Waals surface area contributed by atoms with Gasteiger partial charge < -0.3 is 21.1 Å². The third-order valence-electron chi connectivity index (χ3n) is 2.33. The summed E-state index contributed by atoms with van der Waals surface area (Å²) in [7, 11) is 1.53. The maximum atomic E-state index is 11.9. The zero-order valence-corrected chi connectivity index (χ0v) is 12.3. The SMILES string of the molecule is COCCNC(=O)CNC(=O)c1cc(N)cc(Cl)c1Cl. The minimum atomic E-state index is -0.522. The summed E-state index contributed by atoms with van der Waals surface area (Å²) < 4.78 is 4.78. The number of carbonyl (C=O) groups excluding carboxylic acids is 2. The maximum Gasteiger partial charge on any atom is 0.253 e. The van der Waals surface area contributed by atoms with E-state index in [-0.39, 0.29) is 28.1 Å². The second-order valence-electron chi connectivity index (χ2n) is 3.89. The molecule has 20 heavy (non-hydrogen) atoms. The molecule has 0 aliphatic heterocycles. The van der Waals surface area contributed by atoms with E-state index in [2.05, 4.69) is 10.6 Å². The Kier molecular flexibility index (Phi) is 6.57. The van der Waals surface area contributed by atoms with E-state index in [1.54, 1.807) is 0 Å². The van der Waals surface area contributed by atoms with Gasteiger partial charge in [-0.05, 0) is 12.1 Å². The van der Waals surface area contributed by atoms with Crippen molar-refractivity contribution in [2.45, 2.75) is 0 Å². The van der Waals surface area contributed by atoms with E-state index in [1.165, 1.54) is 19.2 Å². The Morgan fingerprint density at radius 2 is 2.00 bits per heavy atom. The van der Waals surface area contributed by atoms with Crippen LogP contribution in [0, 0.1) is 0 Å². The van der Waals surface area contributed by atoms with Crippen LogP contribution in [-0.4, -0.2) is 38.6 Å². The van der Waals surface area contributed by atoms with Gasteiger partial charge in [0.05, 0.1) is 28.8 Å². The molecule has 0 radical (unpaired) electrons. The maximum absolute atomic E-state index is 11.9. The molecule has 0 bridgehead atoms. The highest BCUT2D eigenvalue weighted by atomic mass is 35.5. The van der Waals surface area contributed by atoms with Gasteiger partial charge in [-0.2, -0.15) is 0 Å². The molecule has 0 heterocycles. The largest absolute Gasteiger partial charge is 0.399 e. The van der Waals surface area contributed by atoms with Crippen LogP contribution in [0.4, 0.5) is 5.69 Å². The number of anilines is 1. The molecule has 0 aliphatic carbocycles. The van der Waals surface area contributed by atoms with E-state index >= 15 is 0 Å². The van der Waals surface area contributed by atoms with Crippen molar-refractivity contribution in [1.29, 1.82) is 0 Å². The van der Waals surface area contributed by atoms with Gasteiger partial charge in [0.15, 0.2) is 0 Å². The Morgan fingerprint density at radius 1 is 1.30 bits per heavy atom. The summed E-state index contributed by atoms with van der Waals surface area (Å²) in [6, 6.07) is 2.84. The molecule has 0 aliphatic rings. The molecule has 0 aromatic heterocycles. The standard InChI is InChI=1S/C12H15Cl2N3O3/c1-20-3-2-16-10(18)6-17-12(19)8-4-7(15)5-9(13)11(8)14/h4-5H,2-3,6,15H2,1H3,(H,16,18)(H,17,19). The van der Waals surface area contributed by atoms with E-state index in [1.807, 2.05) is 0 Å². The van der Waals surface area contributed by atoms with Gasteiger partial charge in [0.25, 0.3) is 5.91 Å². The lowest BCUT2D eigenvalue weighted by Crippen LogP contribution is -2.38. The summed E-state index contributed by atoms with van der Waals surface area (Å²) in [4.78, 5) is 23.3. The molecule has 0 unspecified atom stereocenters. The summed E-state index contributed by atoms with van der Waals surface area (Å²) in [6.07, 6.45) is 0. The lowest BCUT2D eigenvalue weighted by molar-refractivity contribution is -0.120. The van der Waals surface area contributed by atoms with Crippen LogP contribution in [0.5, 0.6) is 0 Å². The number of carbonyl (C=O) groups is 2. The van der Waals surface area contributed by atoms with Gasteiger partial charge in [-0.3, -0.25) is 9.59 Å². The Balaban J connectivity index is 2.57. The van der Waals surface area contributed by atoms with Crippen molar-refractivity contribution in [3.8, 4) is 0 Å². The molecule has 0 saturated heterocycles. The Bertz CT molecular complexity index is 509. The van der Waals surface area contributed by atoms with Crippen LogP contribution in [0.1, 0.15) is 10.4 Å². The van der Waals surface area contributed by atoms with Crippen molar-refractivity contribution in [2.75, 3.05) is 32.5 Å². The lowest BCUT2D eigenvalue weighted by atomic mass is 10.2. The summed E-state index contributed by atoms with van der Waals surface area (Å²) in [5.41, 5.74) is 6.03. The number of halogens is 2. The number of hydrogen-bond donors (Lipinski definition) is 3. The van der Waals surface area contributed by atoms with Crippen molar-refractivity contribution in [3.05, 3.63) is 27.7 Å². The minimum absolute atomic E-state index is 0.0955. The van der Waals surface area contributed by atoms with Crippen LogP contribution in [0.25, 0.3) is 0 Å². The monoisotopic (exact) mass is 319 g/mol. The van der Waals surface area contributed by atoms with Gasteiger partial charge in [0.2, 0.25) is 5.91 Å². The van der Waals surface area contributed by atoms with Crippen molar-refractivity contribution in [3.63, 3.8) is 0 Å². The van der Waals surface area contributed by atoms with Gasteiger partial charge in [-0.25, -0.2) is 0 Å². The smallest absolute Gasteiger partial charge is 0.253 e. The number of methoxy groups -OCH3 is 1. The number of nitrogens with one attached hydrogen (secondary N) is 2. The van der Waals surface area contributed by atoms with E-state index < -0.39 is 5.91 Å². The molecule has 110 valence electrons. The lowest BCUT2D eigenvalue weighted by Gasteiger charge is -2.09. The second kappa shape index (κ2) is 7.94. The molecule has 1 aromatic rings. The first-order valence-electron chi connectivity index (χ1n) is 5.74. The van der Waals surface area contributed by atoms with Crippen LogP contribution >= 0.6 is 23.2 Å². The van der Waals surface area contributed by atoms with E-state index in [0.717, 1.165) is 0 Å². The molecule has 4 N–H and O–H groups in total. The molecule has 1 aromatic carbocycles. The highest BCUT2D eigenvalue weighted by molar-refractivity contribution is 6.44. The van der Waals surface area contributed by atoms with Crippen molar-refractivity contribution in [2.24, 2.45) is 0 Å². The molecule has 0 atom stereocenters. The molecule has 0 saturated carbocycles. The summed E-state index contributed by atoms with van der Waals surface area (Å²) in [5.74, 6) is -0.854. The molecule has 0 spiro atoms. The molecule has 6 nitrogen and oxygen atoms in total. The zero-order valence-electron chi connectivity index (χ0n) is 10.8. The fourth-order valence-electron chi connectivity index (χ4n) is 1.39. The van der Waals surface area contributed by atoms with Crippen LogP contribution in [-0.2, 0) is 9.53 Å². The van der Waals surface area contributed by atoms with Crippen LogP contribution < -0.4 is 16.4 Å². The van der Waals surface area contributed by atoms with Crippen LogP contribution in [0.3, 0.4) is 0 Å². The Morgan fingerprint density at radius 3 is 2.65 bits per heavy atom. The third kappa shape index (κ3) is 4.88. The normalized spacial score (nSPS) is 10.2. The van der Waals surface area contributed by atoms with E-state index in [0.29, 0.717) is 18.8 Å². The van der Waals surface area contributed by atoms with Gasteiger partial charge in [-0.15, -0.1) is 0 Å². The highest BCUT2D eigenvalue weighted by Crippen LogP contribution is 2.28. The predicted molar refractivity (Wildman–Crippen MR) is 78.1 cm³/mol. The number of hydrogen-bond acceptors (Lipinski definition) is 4. The van der Waals surface area contributed by atoms with E-state index in [9.17, 15) is 9.59 Å². The summed E-state index contributed by atoms with van der Waals surface area (Å²) >= 11 is 11.7. The molecular weight excluding hydrogens is 305 g/mol. The average molecular weight is 320 g/mol. The first-order valence-corrected chi connectivity index (χ1v) is 6.49. The van der Waals surface area contributed by atoms with Gasteiger partial charge in [0.1, 0.15) is 0 Å². The number of nitrogen functional groups attached to an aromatic ring is 1. The van der Waals surface area contributed by atoms with Crippen molar-refractivity contribution < 1.29 is 14.3 Å². The Hall–Kier alpha value is -1.50. The Labute approximate surface area is 126 Å². The third-order valence-corrected chi connectivity index (χ3v) is 3.14. The first-order chi connectivity index (χ1) is 9.45. The van der Waals surface area contributed by atoms with Crippen molar-refractivity contribution >= 4 is 40.7 Å². The van der Waals surface area contributed by atoms with E-state index in [4.69, 9.17) is 33.7 Å².